The van der Waals surface area contributed by atoms with Crippen LogP contribution in [0.25, 0.3) is 0 Å². The average Bonchev–Trinajstić information content (AvgIpc) is 2.81. The van der Waals surface area contributed by atoms with Crippen LogP contribution in [0.2, 0.25) is 0 Å². The number of carbonyl (C=O) groups is 1. The zero-order chi connectivity index (χ0) is 9.19. The van der Waals surface area contributed by atoms with Crippen LogP contribution in [0, 0.1) is 5.41 Å². The first-order valence-electron chi connectivity index (χ1n) is 4.88. The van der Waals surface area contributed by atoms with Crippen LogP contribution >= 0.6 is 0 Å². The van der Waals surface area contributed by atoms with Crippen LogP contribution in [-0.4, -0.2) is 30.3 Å². The highest BCUT2D eigenvalue weighted by Crippen LogP contribution is 2.46. The number of nitrogens with zero attached hydrogens (tertiary/aromatic N) is 1. The van der Waals surface area contributed by atoms with Crippen LogP contribution in [0.4, 0.5) is 0 Å². The molecule has 1 saturated carbocycles. The third-order valence-corrected chi connectivity index (χ3v) is 3.02. The molecule has 0 aromatic heterocycles. The quantitative estimate of drug-likeness (QED) is 0.624. The molecule has 0 amide bonds. The van der Waals surface area contributed by atoms with E-state index in [1.807, 2.05) is 0 Å². The Kier molecular flexibility index (Phi) is 2.89. The molecule has 0 unspecified atom stereocenters. The Labute approximate surface area is 74.9 Å². The maximum atomic E-state index is 11.3. The number of ketones is 1. The highest BCUT2D eigenvalue weighted by molar-refractivity contribution is 5.85. The summed E-state index contributed by atoms with van der Waals surface area (Å²) < 4.78 is 0. The van der Waals surface area contributed by atoms with Crippen LogP contribution < -0.4 is 0 Å². The van der Waals surface area contributed by atoms with Crippen molar-refractivity contribution in [1.29, 1.82) is 0 Å². The second-order valence-corrected chi connectivity index (χ2v) is 3.80. The summed E-state index contributed by atoms with van der Waals surface area (Å²) in [7, 11) is 0. The predicted octanol–water partition coefficient (Wildman–Crippen LogP) is 1.70. The minimum absolute atomic E-state index is 0.0615. The van der Waals surface area contributed by atoms with Gasteiger partial charge in [0, 0.05) is 12.0 Å². The molecule has 0 spiro atoms. The van der Waals surface area contributed by atoms with E-state index in [-0.39, 0.29) is 5.41 Å². The van der Waals surface area contributed by atoms with Gasteiger partial charge in [-0.1, -0.05) is 13.8 Å². The fourth-order valence-electron chi connectivity index (χ4n) is 1.65. The van der Waals surface area contributed by atoms with E-state index in [0.29, 0.717) is 5.78 Å². The van der Waals surface area contributed by atoms with Gasteiger partial charge < -0.3 is 4.90 Å². The first-order chi connectivity index (χ1) is 5.64. The van der Waals surface area contributed by atoms with Crippen molar-refractivity contribution >= 4 is 5.78 Å². The van der Waals surface area contributed by atoms with Gasteiger partial charge in [-0.3, -0.25) is 4.79 Å². The summed E-state index contributed by atoms with van der Waals surface area (Å²) in [4.78, 5) is 13.6. The topological polar surface area (TPSA) is 20.3 Å². The predicted molar refractivity (Wildman–Crippen MR) is 50.1 cm³/mol. The number of hydrogen-bond acceptors (Lipinski definition) is 2. The molecule has 1 fully saturated rings. The van der Waals surface area contributed by atoms with Gasteiger partial charge in [0.1, 0.15) is 5.78 Å². The number of carbonyl (C=O) groups excluding carboxylic acids is 1. The average molecular weight is 169 g/mol. The lowest BCUT2D eigenvalue weighted by Gasteiger charge is -2.22. The van der Waals surface area contributed by atoms with E-state index in [0.717, 1.165) is 32.5 Å². The molecule has 70 valence electrons. The zero-order valence-electron chi connectivity index (χ0n) is 8.39. The second-order valence-electron chi connectivity index (χ2n) is 3.80. The minimum Gasteiger partial charge on any atom is -0.303 e. The van der Waals surface area contributed by atoms with Gasteiger partial charge in [0.25, 0.3) is 0 Å². The van der Waals surface area contributed by atoms with E-state index in [1.165, 1.54) is 0 Å². The largest absolute Gasteiger partial charge is 0.303 e. The number of rotatable bonds is 5. The van der Waals surface area contributed by atoms with E-state index >= 15 is 0 Å². The van der Waals surface area contributed by atoms with Gasteiger partial charge in [-0.25, -0.2) is 0 Å². The molecule has 0 radical (unpaired) electrons. The summed E-state index contributed by atoms with van der Waals surface area (Å²) in [5.74, 6) is 0.384. The summed E-state index contributed by atoms with van der Waals surface area (Å²) in [5, 5.41) is 0. The Morgan fingerprint density at radius 2 is 1.83 bits per heavy atom. The zero-order valence-corrected chi connectivity index (χ0v) is 8.39. The Morgan fingerprint density at radius 3 is 2.08 bits per heavy atom. The Balaban J connectivity index is 2.44. The molecule has 0 aromatic rings. The van der Waals surface area contributed by atoms with Gasteiger partial charge in [-0.15, -0.1) is 0 Å². The molecule has 0 atom stereocenters. The standard InChI is InChI=1S/C10H19NO/c1-4-11(5-2)8-10(6-7-10)9(3)12/h4-8H2,1-3H3. The lowest BCUT2D eigenvalue weighted by molar-refractivity contribution is -0.122. The first kappa shape index (κ1) is 9.72. The number of Topliss-reactive ketones (excluding diaryl/α,β-unsaturated/α-hetero) is 1. The molecule has 1 rings (SSSR count). The lowest BCUT2D eigenvalue weighted by atomic mass is 10.0. The highest BCUT2D eigenvalue weighted by atomic mass is 16.1. The highest BCUT2D eigenvalue weighted by Gasteiger charge is 2.47. The van der Waals surface area contributed by atoms with Crippen LogP contribution in [0.1, 0.15) is 33.6 Å². The Bertz CT molecular complexity index is 169. The van der Waals surface area contributed by atoms with Crippen molar-refractivity contribution in [2.45, 2.75) is 33.6 Å². The van der Waals surface area contributed by atoms with Gasteiger partial charge in [0.15, 0.2) is 0 Å². The minimum atomic E-state index is 0.0615. The molecule has 0 bridgehead atoms. The summed E-state index contributed by atoms with van der Waals surface area (Å²) in [6.07, 6.45) is 2.22. The normalized spacial score (nSPS) is 19.7. The fraction of sp³-hybridized carbons (Fsp3) is 0.900. The lowest BCUT2D eigenvalue weighted by Crippen LogP contribution is -2.33. The van der Waals surface area contributed by atoms with E-state index in [2.05, 4.69) is 18.7 Å². The van der Waals surface area contributed by atoms with Crippen molar-refractivity contribution in [3.63, 3.8) is 0 Å². The summed E-state index contributed by atoms with van der Waals surface area (Å²) in [5.41, 5.74) is 0.0615. The maximum Gasteiger partial charge on any atom is 0.137 e. The third-order valence-electron chi connectivity index (χ3n) is 3.02. The van der Waals surface area contributed by atoms with E-state index in [9.17, 15) is 4.79 Å². The summed E-state index contributed by atoms with van der Waals surface area (Å²) in [6.45, 7) is 9.14. The van der Waals surface area contributed by atoms with Gasteiger partial charge in [0.05, 0.1) is 0 Å². The van der Waals surface area contributed by atoms with Crippen LogP contribution in [0.3, 0.4) is 0 Å². The molecule has 0 N–H and O–H groups in total. The SMILES string of the molecule is CCN(CC)CC1(C(C)=O)CC1. The fourth-order valence-corrected chi connectivity index (χ4v) is 1.65. The van der Waals surface area contributed by atoms with Crippen molar-refractivity contribution in [2.75, 3.05) is 19.6 Å². The van der Waals surface area contributed by atoms with Crippen LogP contribution in [-0.2, 0) is 4.79 Å². The van der Waals surface area contributed by atoms with Crippen molar-refractivity contribution in [1.82, 2.24) is 4.90 Å². The molecule has 0 aromatic carbocycles. The van der Waals surface area contributed by atoms with Crippen molar-refractivity contribution in [3.05, 3.63) is 0 Å². The molecule has 2 heteroatoms. The molecule has 12 heavy (non-hydrogen) atoms. The van der Waals surface area contributed by atoms with Crippen molar-refractivity contribution in [2.24, 2.45) is 5.41 Å². The van der Waals surface area contributed by atoms with E-state index < -0.39 is 0 Å². The molecular weight excluding hydrogens is 150 g/mol. The molecule has 0 aliphatic heterocycles. The van der Waals surface area contributed by atoms with Gasteiger partial charge >= 0.3 is 0 Å². The van der Waals surface area contributed by atoms with Gasteiger partial charge in [-0.2, -0.15) is 0 Å². The molecule has 1 aliphatic carbocycles. The Hall–Kier alpha value is -0.370. The smallest absolute Gasteiger partial charge is 0.137 e. The van der Waals surface area contributed by atoms with Gasteiger partial charge in [0.2, 0.25) is 0 Å². The molecule has 0 saturated heterocycles. The number of hydrogen-bond donors (Lipinski definition) is 0. The maximum absolute atomic E-state index is 11.3. The Morgan fingerprint density at radius 1 is 1.33 bits per heavy atom. The molecule has 0 heterocycles. The van der Waals surface area contributed by atoms with Crippen LogP contribution in [0.15, 0.2) is 0 Å². The molecule has 1 aliphatic rings. The first-order valence-corrected chi connectivity index (χ1v) is 4.88. The van der Waals surface area contributed by atoms with Crippen molar-refractivity contribution < 1.29 is 4.79 Å². The second kappa shape index (κ2) is 3.56. The monoisotopic (exact) mass is 169 g/mol. The summed E-state index contributed by atoms with van der Waals surface area (Å²) >= 11 is 0. The van der Waals surface area contributed by atoms with E-state index in [1.54, 1.807) is 6.92 Å². The van der Waals surface area contributed by atoms with Gasteiger partial charge in [-0.05, 0) is 32.9 Å². The molecule has 2 nitrogen and oxygen atoms in total. The van der Waals surface area contributed by atoms with E-state index in [4.69, 9.17) is 0 Å². The third kappa shape index (κ3) is 1.86. The van der Waals surface area contributed by atoms with Crippen LogP contribution in [0.5, 0.6) is 0 Å². The molecular formula is C10H19NO. The summed E-state index contributed by atoms with van der Waals surface area (Å²) in [6, 6.07) is 0. The van der Waals surface area contributed by atoms with Crippen molar-refractivity contribution in [3.8, 4) is 0 Å².